The molecule has 2 aromatic heterocycles. The number of rotatable bonds is 7. The first-order chi connectivity index (χ1) is 13.8. The van der Waals surface area contributed by atoms with Crippen molar-refractivity contribution in [3.63, 3.8) is 0 Å². The van der Waals surface area contributed by atoms with Gasteiger partial charge in [-0.25, -0.2) is 0 Å². The zero-order valence-corrected chi connectivity index (χ0v) is 15.8. The topological polar surface area (TPSA) is 80.9 Å². The van der Waals surface area contributed by atoms with Crippen molar-refractivity contribution in [3.8, 4) is 11.4 Å². The van der Waals surface area contributed by atoms with Crippen molar-refractivity contribution in [2.24, 2.45) is 0 Å². The van der Waals surface area contributed by atoms with Crippen LogP contribution in [-0.2, 0) is 16.6 Å². The van der Waals surface area contributed by atoms with Crippen LogP contribution in [0.2, 0.25) is 0 Å². The number of benzene rings is 1. The van der Waals surface area contributed by atoms with Gasteiger partial charge in [-0.05, 0) is 30.5 Å². The van der Waals surface area contributed by atoms with E-state index in [1.165, 1.54) is 18.4 Å². The van der Waals surface area contributed by atoms with Gasteiger partial charge in [-0.3, -0.25) is 9.78 Å². The smallest absolute Gasteiger partial charge is 0.227 e. The summed E-state index contributed by atoms with van der Waals surface area (Å²) in [6.45, 7) is 0.682. The summed E-state index contributed by atoms with van der Waals surface area (Å²) in [6, 6.07) is 14.2. The summed E-state index contributed by atoms with van der Waals surface area (Å²) in [5, 5.41) is 7.11. The largest absolute Gasteiger partial charge is 0.355 e. The quantitative estimate of drug-likeness (QED) is 0.680. The number of carbonyl (C=O) groups excluding carboxylic acids is 1. The number of nitrogens with zero attached hydrogens (tertiary/aromatic N) is 3. The summed E-state index contributed by atoms with van der Waals surface area (Å²) in [5.74, 6) is 1.01. The van der Waals surface area contributed by atoms with E-state index in [0.29, 0.717) is 31.1 Å². The van der Waals surface area contributed by atoms with Gasteiger partial charge in [0.15, 0.2) is 0 Å². The molecule has 0 aliphatic heterocycles. The minimum atomic E-state index is 0.0193. The zero-order chi connectivity index (χ0) is 19.2. The average molecular weight is 376 g/mol. The Morgan fingerprint density at radius 1 is 1.07 bits per heavy atom. The molecule has 1 aromatic carbocycles. The van der Waals surface area contributed by atoms with Gasteiger partial charge in [0, 0.05) is 42.8 Å². The molecular formula is C22H24N4O2. The molecule has 0 atom stereocenters. The second kappa shape index (κ2) is 8.33. The van der Waals surface area contributed by atoms with E-state index in [-0.39, 0.29) is 11.3 Å². The molecule has 4 rings (SSSR count). The Balaban J connectivity index is 1.32. The third kappa shape index (κ3) is 4.11. The number of aryl methyl sites for hydroxylation is 1. The van der Waals surface area contributed by atoms with Gasteiger partial charge < -0.3 is 9.84 Å². The third-order valence-corrected chi connectivity index (χ3v) is 5.54. The Labute approximate surface area is 164 Å². The Bertz CT molecular complexity index is 903. The number of nitrogens with one attached hydrogen (secondary N) is 1. The molecule has 0 radical (unpaired) electrons. The van der Waals surface area contributed by atoms with Crippen molar-refractivity contribution in [1.29, 1.82) is 0 Å². The third-order valence-electron chi connectivity index (χ3n) is 5.54. The van der Waals surface area contributed by atoms with E-state index in [1.807, 2.05) is 18.2 Å². The number of amides is 1. The van der Waals surface area contributed by atoms with Crippen molar-refractivity contribution >= 4 is 5.91 Å². The summed E-state index contributed by atoms with van der Waals surface area (Å²) in [5.41, 5.74) is 2.24. The van der Waals surface area contributed by atoms with Crippen molar-refractivity contribution in [2.45, 2.75) is 43.9 Å². The fourth-order valence-electron chi connectivity index (χ4n) is 3.96. The molecule has 1 saturated carbocycles. The highest BCUT2D eigenvalue weighted by molar-refractivity contribution is 5.76. The lowest BCUT2D eigenvalue weighted by Crippen LogP contribution is -2.39. The average Bonchev–Trinajstić information content (AvgIpc) is 3.43. The lowest BCUT2D eigenvalue weighted by atomic mass is 9.79. The number of carbonyl (C=O) groups is 1. The fraction of sp³-hybridized carbons (Fsp3) is 0.364. The molecule has 0 saturated heterocycles. The van der Waals surface area contributed by atoms with Gasteiger partial charge in [0.25, 0.3) is 0 Å². The fourth-order valence-corrected chi connectivity index (χ4v) is 3.96. The van der Waals surface area contributed by atoms with Crippen LogP contribution in [0.15, 0.2) is 59.4 Å². The molecule has 1 fully saturated rings. The Morgan fingerprint density at radius 3 is 2.57 bits per heavy atom. The first-order valence-corrected chi connectivity index (χ1v) is 9.80. The van der Waals surface area contributed by atoms with Gasteiger partial charge in [-0.1, -0.05) is 48.3 Å². The maximum Gasteiger partial charge on any atom is 0.227 e. The minimum absolute atomic E-state index is 0.0193. The van der Waals surface area contributed by atoms with E-state index < -0.39 is 0 Å². The van der Waals surface area contributed by atoms with Gasteiger partial charge in [0.05, 0.1) is 0 Å². The molecule has 0 spiro atoms. The number of hydrogen-bond acceptors (Lipinski definition) is 5. The first kappa shape index (κ1) is 18.3. The Morgan fingerprint density at radius 2 is 1.82 bits per heavy atom. The Kier molecular flexibility index (Phi) is 5.46. The SMILES string of the molecule is O=C(CCc1nc(-c2ccncc2)no1)NCC1(c2ccccc2)CCCC1. The molecule has 1 aliphatic carbocycles. The maximum absolute atomic E-state index is 12.4. The highest BCUT2D eigenvalue weighted by atomic mass is 16.5. The minimum Gasteiger partial charge on any atom is -0.355 e. The van der Waals surface area contributed by atoms with Crippen LogP contribution in [0.4, 0.5) is 0 Å². The lowest BCUT2D eigenvalue weighted by molar-refractivity contribution is -0.121. The predicted molar refractivity (Wildman–Crippen MR) is 105 cm³/mol. The second-order valence-electron chi connectivity index (χ2n) is 7.38. The summed E-state index contributed by atoms with van der Waals surface area (Å²) in [4.78, 5) is 20.8. The second-order valence-corrected chi connectivity index (χ2v) is 7.38. The lowest BCUT2D eigenvalue weighted by Gasteiger charge is -2.30. The van der Waals surface area contributed by atoms with Gasteiger partial charge in [0.1, 0.15) is 0 Å². The summed E-state index contributed by atoms with van der Waals surface area (Å²) >= 11 is 0. The molecule has 6 nitrogen and oxygen atoms in total. The van der Waals surface area contributed by atoms with Crippen LogP contribution < -0.4 is 5.32 Å². The molecule has 0 unspecified atom stereocenters. The molecule has 3 aromatic rings. The number of pyridine rings is 1. The van der Waals surface area contributed by atoms with Crippen LogP contribution in [0.3, 0.4) is 0 Å². The van der Waals surface area contributed by atoms with E-state index in [2.05, 4.69) is 44.7 Å². The van der Waals surface area contributed by atoms with Crippen LogP contribution in [0.1, 0.15) is 43.6 Å². The van der Waals surface area contributed by atoms with Crippen molar-refractivity contribution in [2.75, 3.05) is 6.54 Å². The van der Waals surface area contributed by atoms with Crippen LogP contribution in [0.5, 0.6) is 0 Å². The van der Waals surface area contributed by atoms with Crippen LogP contribution in [0.25, 0.3) is 11.4 Å². The molecule has 1 N–H and O–H groups in total. The van der Waals surface area contributed by atoms with Crippen LogP contribution in [0, 0.1) is 0 Å². The molecule has 2 heterocycles. The molecular weight excluding hydrogens is 352 g/mol. The zero-order valence-electron chi connectivity index (χ0n) is 15.8. The molecule has 1 aliphatic rings. The molecule has 144 valence electrons. The van der Waals surface area contributed by atoms with E-state index in [4.69, 9.17) is 4.52 Å². The Hall–Kier alpha value is -3.02. The van der Waals surface area contributed by atoms with E-state index in [9.17, 15) is 4.79 Å². The predicted octanol–water partition coefficient (Wildman–Crippen LogP) is 3.69. The van der Waals surface area contributed by atoms with Crippen LogP contribution in [-0.4, -0.2) is 27.6 Å². The summed E-state index contributed by atoms with van der Waals surface area (Å²) < 4.78 is 5.28. The normalized spacial score (nSPS) is 15.4. The van der Waals surface area contributed by atoms with Gasteiger partial charge >= 0.3 is 0 Å². The highest BCUT2D eigenvalue weighted by Gasteiger charge is 2.35. The van der Waals surface area contributed by atoms with Gasteiger partial charge in [0.2, 0.25) is 17.6 Å². The van der Waals surface area contributed by atoms with E-state index >= 15 is 0 Å². The molecule has 0 bridgehead atoms. The first-order valence-electron chi connectivity index (χ1n) is 9.80. The highest BCUT2D eigenvalue weighted by Crippen LogP contribution is 2.40. The van der Waals surface area contributed by atoms with Crippen molar-refractivity contribution < 1.29 is 9.32 Å². The number of hydrogen-bond donors (Lipinski definition) is 1. The van der Waals surface area contributed by atoms with E-state index in [0.717, 1.165) is 18.4 Å². The van der Waals surface area contributed by atoms with E-state index in [1.54, 1.807) is 12.4 Å². The summed E-state index contributed by atoms with van der Waals surface area (Å²) in [6.07, 6.45) is 8.81. The van der Waals surface area contributed by atoms with Gasteiger partial charge in [-0.15, -0.1) is 0 Å². The molecule has 1 amide bonds. The number of aromatic nitrogens is 3. The summed E-state index contributed by atoms with van der Waals surface area (Å²) in [7, 11) is 0. The molecule has 6 heteroatoms. The van der Waals surface area contributed by atoms with Crippen molar-refractivity contribution in [1.82, 2.24) is 20.4 Å². The van der Waals surface area contributed by atoms with Crippen LogP contribution >= 0.6 is 0 Å². The monoisotopic (exact) mass is 376 g/mol. The molecule has 28 heavy (non-hydrogen) atoms. The maximum atomic E-state index is 12.4. The standard InChI is InChI=1S/C22H24N4O2/c27-19(8-9-20-25-21(26-28-20)17-10-14-23-15-11-17)24-16-22(12-4-5-13-22)18-6-2-1-3-7-18/h1-3,6-7,10-11,14-15H,4-5,8-9,12-13,16H2,(H,24,27). The van der Waals surface area contributed by atoms with Gasteiger partial charge in [-0.2, -0.15) is 4.98 Å². The van der Waals surface area contributed by atoms with Crippen molar-refractivity contribution in [3.05, 3.63) is 66.3 Å².